The van der Waals surface area contributed by atoms with Gasteiger partial charge in [0.15, 0.2) is 6.33 Å². The van der Waals surface area contributed by atoms with Crippen LogP contribution in [0.25, 0.3) is 0 Å². The first-order valence-corrected chi connectivity index (χ1v) is 4.12. The molecule has 2 N–H and O–H groups in total. The largest absolute Gasteiger partial charge is 0.339 e. The fourth-order valence-corrected chi connectivity index (χ4v) is 1.12. The van der Waals surface area contributed by atoms with Crippen LogP contribution in [0.3, 0.4) is 0 Å². The average Bonchev–Trinajstić information content (AvgIpc) is 2.41. The maximum atomic E-state index is 5.28. The lowest BCUT2D eigenvalue weighted by Crippen LogP contribution is -2.01. The molecule has 0 aliphatic heterocycles. The minimum atomic E-state index is 0.665. The lowest BCUT2D eigenvalue weighted by Gasteiger charge is -1.91. The molecule has 10 heavy (non-hydrogen) atoms. The van der Waals surface area contributed by atoms with E-state index in [0.717, 1.165) is 11.5 Å². The van der Waals surface area contributed by atoms with E-state index in [1.165, 1.54) is 6.33 Å². The summed E-state index contributed by atoms with van der Waals surface area (Å²) in [4.78, 5) is 3.85. The Morgan fingerprint density at radius 1 is 1.70 bits per heavy atom. The van der Waals surface area contributed by atoms with E-state index >= 15 is 0 Å². The Morgan fingerprint density at radius 3 is 3.20 bits per heavy atom. The van der Waals surface area contributed by atoms with Crippen LogP contribution in [0.2, 0.25) is 0 Å². The highest BCUT2D eigenvalue weighted by atomic mass is 32.2. The highest BCUT2D eigenvalue weighted by Crippen LogP contribution is 2.06. The molecule has 0 amide bonds. The van der Waals surface area contributed by atoms with Crippen molar-refractivity contribution in [2.75, 3.05) is 12.3 Å². The van der Waals surface area contributed by atoms with Gasteiger partial charge in [0.2, 0.25) is 5.89 Å². The second-order valence-electron chi connectivity index (χ2n) is 1.68. The van der Waals surface area contributed by atoms with Crippen LogP contribution in [0.1, 0.15) is 5.89 Å². The van der Waals surface area contributed by atoms with Gasteiger partial charge in [-0.05, 0) is 0 Å². The molecule has 1 rings (SSSR count). The highest BCUT2D eigenvalue weighted by molar-refractivity contribution is 7.98. The molecule has 5 heteroatoms. The summed E-state index contributed by atoms with van der Waals surface area (Å²) >= 11 is 1.69. The third kappa shape index (κ3) is 2.36. The Bertz CT molecular complexity index is 165. The third-order valence-electron chi connectivity index (χ3n) is 0.895. The first kappa shape index (κ1) is 7.56. The molecule has 0 aliphatic carbocycles. The van der Waals surface area contributed by atoms with Crippen LogP contribution in [0, 0.1) is 0 Å². The number of rotatable bonds is 4. The second kappa shape index (κ2) is 4.29. The lowest BCUT2D eigenvalue weighted by molar-refractivity contribution is 0.390. The van der Waals surface area contributed by atoms with E-state index in [0.29, 0.717) is 12.4 Å². The molecule has 0 atom stereocenters. The lowest BCUT2D eigenvalue weighted by atomic mass is 10.8. The van der Waals surface area contributed by atoms with Crippen LogP contribution >= 0.6 is 11.8 Å². The summed E-state index contributed by atoms with van der Waals surface area (Å²) in [6.45, 7) is 0.693. The third-order valence-corrected chi connectivity index (χ3v) is 1.87. The summed E-state index contributed by atoms with van der Waals surface area (Å²) in [5.74, 6) is 2.36. The molecular weight excluding hydrogens is 150 g/mol. The van der Waals surface area contributed by atoms with Crippen molar-refractivity contribution < 1.29 is 4.52 Å². The number of thioether (sulfide) groups is 1. The van der Waals surface area contributed by atoms with Crippen LogP contribution in [0.15, 0.2) is 10.9 Å². The van der Waals surface area contributed by atoms with Crippen molar-refractivity contribution in [1.82, 2.24) is 10.1 Å². The van der Waals surface area contributed by atoms with E-state index in [4.69, 9.17) is 10.3 Å². The van der Waals surface area contributed by atoms with Gasteiger partial charge >= 0.3 is 0 Å². The average molecular weight is 159 g/mol. The van der Waals surface area contributed by atoms with E-state index in [1.54, 1.807) is 11.8 Å². The zero-order valence-electron chi connectivity index (χ0n) is 5.49. The van der Waals surface area contributed by atoms with Gasteiger partial charge in [0.25, 0.3) is 0 Å². The molecule has 0 unspecified atom stereocenters. The summed E-state index contributed by atoms with van der Waals surface area (Å²) in [5.41, 5.74) is 5.28. The van der Waals surface area contributed by atoms with E-state index < -0.39 is 0 Å². The summed E-state index contributed by atoms with van der Waals surface area (Å²) in [5, 5.41) is 3.47. The SMILES string of the molecule is NCCSCc1ncno1. The van der Waals surface area contributed by atoms with Crippen molar-refractivity contribution in [3.05, 3.63) is 12.2 Å². The van der Waals surface area contributed by atoms with Crippen molar-refractivity contribution in [2.24, 2.45) is 5.73 Å². The van der Waals surface area contributed by atoms with Gasteiger partial charge in [-0.2, -0.15) is 16.7 Å². The fourth-order valence-electron chi connectivity index (χ4n) is 0.502. The Labute approximate surface area is 63.2 Å². The first-order valence-electron chi connectivity index (χ1n) is 2.97. The van der Waals surface area contributed by atoms with Crippen molar-refractivity contribution >= 4 is 11.8 Å². The first-order chi connectivity index (χ1) is 4.93. The van der Waals surface area contributed by atoms with Crippen molar-refractivity contribution in [3.8, 4) is 0 Å². The number of hydrogen-bond acceptors (Lipinski definition) is 5. The van der Waals surface area contributed by atoms with Gasteiger partial charge in [-0.1, -0.05) is 5.16 Å². The van der Waals surface area contributed by atoms with E-state index in [-0.39, 0.29) is 0 Å². The van der Waals surface area contributed by atoms with E-state index in [2.05, 4.69) is 10.1 Å². The molecular formula is C5H9N3OS. The van der Waals surface area contributed by atoms with E-state index in [1.807, 2.05) is 0 Å². The quantitative estimate of drug-likeness (QED) is 0.638. The molecule has 56 valence electrons. The summed E-state index contributed by atoms with van der Waals surface area (Å²) in [6.07, 6.45) is 1.40. The number of aromatic nitrogens is 2. The van der Waals surface area contributed by atoms with Gasteiger partial charge in [0.05, 0.1) is 5.75 Å². The zero-order chi connectivity index (χ0) is 7.23. The van der Waals surface area contributed by atoms with Gasteiger partial charge in [-0.15, -0.1) is 0 Å². The van der Waals surface area contributed by atoms with Crippen molar-refractivity contribution in [2.45, 2.75) is 5.75 Å². The monoisotopic (exact) mass is 159 g/mol. The predicted octanol–water partition coefficient (Wildman–Crippen LogP) is 0.262. The van der Waals surface area contributed by atoms with Crippen LogP contribution in [-0.2, 0) is 5.75 Å². The fraction of sp³-hybridized carbons (Fsp3) is 0.600. The van der Waals surface area contributed by atoms with Gasteiger partial charge in [0.1, 0.15) is 0 Å². The summed E-state index contributed by atoms with van der Waals surface area (Å²) in [6, 6.07) is 0. The van der Waals surface area contributed by atoms with Crippen molar-refractivity contribution in [1.29, 1.82) is 0 Å². The van der Waals surface area contributed by atoms with Gasteiger partial charge in [0, 0.05) is 12.3 Å². The molecule has 1 heterocycles. The normalized spacial score (nSPS) is 10.1. The van der Waals surface area contributed by atoms with Crippen LogP contribution in [0.5, 0.6) is 0 Å². The molecule has 0 aromatic carbocycles. The smallest absolute Gasteiger partial charge is 0.236 e. The predicted molar refractivity (Wildman–Crippen MR) is 39.5 cm³/mol. The highest BCUT2D eigenvalue weighted by Gasteiger charge is 1.96. The number of nitrogens with two attached hydrogens (primary N) is 1. The van der Waals surface area contributed by atoms with Crippen LogP contribution in [-0.4, -0.2) is 22.4 Å². The van der Waals surface area contributed by atoms with Crippen LogP contribution in [0.4, 0.5) is 0 Å². The van der Waals surface area contributed by atoms with Gasteiger partial charge in [-0.3, -0.25) is 0 Å². The molecule has 0 saturated carbocycles. The minimum absolute atomic E-state index is 0.665. The molecule has 0 bridgehead atoms. The minimum Gasteiger partial charge on any atom is -0.339 e. The standard InChI is InChI=1S/C5H9N3OS/c6-1-2-10-3-5-7-4-8-9-5/h4H,1-3,6H2. The Hall–Kier alpha value is -0.550. The molecule has 0 radical (unpaired) electrons. The molecule has 0 fully saturated rings. The van der Waals surface area contributed by atoms with Crippen LogP contribution < -0.4 is 5.73 Å². The van der Waals surface area contributed by atoms with Gasteiger partial charge < -0.3 is 10.3 Å². The van der Waals surface area contributed by atoms with Crippen molar-refractivity contribution in [3.63, 3.8) is 0 Å². The molecule has 0 aliphatic rings. The second-order valence-corrected chi connectivity index (χ2v) is 2.78. The number of hydrogen-bond donors (Lipinski definition) is 1. The van der Waals surface area contributed by atoms with E-state index in [9.17, 15) is 0 Å². The summed E-state index contributed by atoms with van der Waals surface area (Å²) in [7, 11) is 0. The Kier molecular flexibility index (Phi) is 3.25. The molecule has 4 nitrogen and oxygen atoms in total. The zero-order valence-corrected chi connectivity index (χ0v) is 6.30. The Morgan fingerprint density at radius 2 is 2.60 bits per heavy atom. The molecule has 1 aromatic rings. The molecule has 1 aromatic heterocycles. The molecule has 0 saturated heterocycles. The number of nitrogens with zero attached hydrogens (tertiary/aromatic N) is 2. The Balaban J connectivity index is 2.15. The topological polar surface area (TPSA) is 64.9 Å². The maximum Gasteiger partial charge on any atom is 0.236 e. The molecule has 0 spiro atoms. The maximum absolute atomic E-state index is 5.28. The summed E-state index contributed by atoms with van der Waals surface area (Å²) < 4.78 is 4.76. The van der Waals surface area contributed by atoms with Gasteiger partial charge in [-0.25, -0.2) is 0 Å².